The van der Waals surface area contributed by atoms with E-state index >= 15 is 0 Å². The summed E-state index contributed by atoms with van der Waals surface area (Å²) in [5.41, 5.74) is 1.12. The van der Waals surface area contributed by atoms with E-state index in [1.54, 1.807) is 30.5 Å². The first-order chi connectivity index (χ1) is 8.90. The number of halogens is 2. The molecule has 2 rings (SSSR count). The molecule has 0 fully saturated rings. The van der Waals surface area contributed by atoms with Gasteiger partial charge in [0.25, 0.3) is 10.0 Å². The SMILES string of the molecule is Cc1ccc(CNS(=O)(=O)c2sccc2Br)cc1F. The van der Waals surface area contributed by atoms with Crippen LogP contribution in [0.4, 0.5) is 4.39 Å². The lowest BCUT2D eigenvalue weighted by Crippen LogP contribution is -2.22. The van der Waals surface area contributed by atoms with Crippen LogP contribution >= 0.6 is 27.3 Å². The van der Waals surface area contributed by atoms with Crippen molar-refractivity contribution < 1.29 is 12.8 Å². The molecule has 0 bridgehead atoms. The normalized spacial score (nSPS) is 11.7. The van der Waals surface area contributed by atoms with Gasteiger partial charge in [0.1, 0.15) is 10.0 Å². The molecule has 0 radical (unpaired) electrons. The number of hydrogen-bond acceptors (Lipinski definition) is 3. The second-order valence-electron chi connectivity index (χ2n) is 3.96. The van der Waals surface area contributed by atoms with Crippen molar-refractivity contribution in [3.8, 4) is 0 Å². The minimum atomic E-state index is -3.57. The molecular weight excluding hydrogens is 353 g/mol. The quantitative estimate of drug-likeness (QED) is 0.904. The Morgan fingerprint density at radius 2 is 2.11 bits per heavy atom. The van der Waals surface area contributed by atoms with Crippen LogP contribution in [0.5, 0.6) is 0 Å². The third-order valence-electron chi connectivity index (χ3n) is 2.53. The van der Waals surface area contributed by atoms with Crippen LogP contribution in [0.2, 0.25) is 0 Å². The number of hydrogen-bond donors (Lipinski definition) is 1. The van der Waals surface area contributed by atoms with Gasteiger partial charge in [0.15, 0.2) is 0 Å². The lowest BCUT2D eigenvalue weighted by Gasteiger charge is -2.06. The van der Waals surface area contributed by atoms with Gasteiger partial charge >= 0.3 is 0 Å². The van der Waals surface area contributed by atoms with Crippen molar-refractivity contribution in [2.24, 2.45) is 0 Å². The van der Waals surface area contributed by atoms with E-state index in [-0.39, 0.29) is 16.6 Å². The van der Waals surface area contributed by atoms with E-state index in [4.69, 9.17) is 0 Å². The molecule has 2 aromatic rings. The molecule has 0 aliphatic heterocycles. The van der Waals surface area contributed by atoms with Gasteiger partial charge < -0.3 is 0 Å². The molecule has 1 aromatic heterocycles. The van der Waals surface area contributed by atoms with E-state index in [0.29, 0.717) is 15.6 Å². The average molecular weight is 364 g/mol. The van der Waals surface area contributed by atoms with Crippen molar-refractivity contribution in [3.05, 3.63) is 51.1 Å². The molecular formula is C12H11BrFNO2S2. The summed E-state index contributed by atoms with van der Waals surface area (Å²) in [5.74, 6) is -0.339. The predicted octanol–water partition coefficient (Wildman–Crippen LogP) is 3.44. The highest BCUT2D eigenvalue weighted by atomic mass is 79.9. The lowest BCUT2D eigenvalue weighted by atomic mass is 10.1. The zero-order valence-electron chi connectivity index (χ0n) is 9.98. The largest absolute Gasteiger partial charge is 0.251 e. The highest BCUT2D eigenvalue weighted by Crippen LogP contribution is 2.27. The predicted molar refractivity (Wildman–Crippen MR) is 77.2 cm³/mol. The molecule has 0 aliphatic carbocycles. The van der Waals surface area contributed by atoms with Gasteiger partial charge in [-0.3, -0.25) is 0 Å². The monoisotopic (exact) mass is 363 g/mol. The smallest absolute Gasteiger partial charge is 0.207 e. The summed E-state index contributed by atoms with van der Waals surface area (Å²) < 4.78 is 40.6. The van der Waals surface area contributed by atoms with Gasteiger partial charge in [-0.15, -0.1) is 11.3 Å². The highest BCUT2D eigenvalue weighted by Gasteiger charge is 2.18. The lowest BCUT2D eigenvalue weighted by molar-refractivity contribution is 0.581. The first-order valence-electron chi connectivity index (χ1n) is 5.38. The summed E-state index contributed by atoms with van der Waals surface area (Å²) in [4.78, 5) is 0. The molecule has 19 heavy (non-hydrogen) atoms. The molecule has 0 saturated heterocycles. The molecule has 0 saturated carbocycles. The summed E-state index contributed by atoms with van der Waals surface area (Å²) in [6.07, 6.45) is 0. The van der Waals surface area contributed by atoms with Crippen molar-refractivity contribution in [1.29, 1.82) is 0 Å². The van der Waals surface area contributed by atoms with Gasteiger partial charge in [0, 0.05) is 11.0 Å². The van der Waals surface area contributed by atoms with Gasteiger partial charge in [-0.1, -0.05) is 12.1 Å². The van der Waals surface area contributed by atoms with Crippen LogP contribution < -0.4 is 4.72 Å². The van der Waals surface area contributed by atoms with E-state index in [1.165, 1.54) is 6.07 Å². The van der Waals surface area contributed by atoms with Crippen molar-refractivity contribution in [3.63, 3.8) is 0 Å². The van der Waals surface area contributed by atoms with Gasteiger partial charge in [-0.25, -0.2) is 17.5 Å². The Morgan fingerprint density at radius 3 is 2.68 bits per heavy atom. The summed E-state index contributed by atoms with van der Waals surface area (Å²) in [5, 5.41) is 1.68. The minimum Gasteiger partial charge on any atom is -0.207 e. The number of sulfonamides is 1. The van der Waals surface area contributed by atoms with E-state index in [0.717, 1.165) is 11.3 Å². The molecule has 1 aromatic carbocycles. The highest BCUT2D eigenvalue weighted by molar-refractivity contribution is 9.10. The molecule has 1 N–H and O–H groups in total. The maximum absolute atomic E-state index is 13.4. The average Bonchev–Trinajstić information content (AvgIpc) is 2.78. The molecule has 1 heterocycles. The van der Waals surface area contributed by atoms with Gasteiger partial charge in [-0.2, -0.15) is 0 Å². The van der Waals surface area contributed by atoms with Crippen LogP contribution in [-0.4, -0.2) is 8.42 Å². The number of rotatable bonds is 4. The molecule has 7 heteroatoms. The summed E-state index contributed by atoms with van der Waals surface area (Å²) >= 11 is 4.31. The maximum Gasteiger partial charge on any atom is 0.251 e. The second kappa shape index (κ2) is 5.70. The Hall–Kier alpha value is -0.760. The standard InChI is InChI=1S/C12H11BrFNO2S2/c1-8-2-3-9(6-11(8)14)7-15-19(16,17)12-10(13)4-5-18-12/h2-6,15H,7H2,1H3. The van der Waals surface area contributed by atoms with Crippen molar-refractivity contribution in [2.75, 3.05) is 0 Å². The fraction of sp³-hybridized carbons (Fsp3) is 0.167. The number of benzene rings is 1. The summed E-state index contributed by atoms with van der Waals surface area (Å²) in [6, 6.07) is 6.33. The molecule has 0 atom stereocenters. The van der Waals surface area contributed by atoms with Crippen LogP contribution in [0, 0.1) is 12.7 Å². The van der Waals surface area contributed by atoms with Crippen LogP contribution in [0.1, 0.15) is 11.1 Å². The van der Waals surface area contributed by atoms with Crippen molar-refractivity contribution in [1.82, 2.24) is 4.72 Å². The maximum atomic E-state index is 13.4. The Bertz CT molecular complexity index is 698. The van der Waals surface area contributed by atoms with E-state index in [1.807, 2.05) is 0 Å². The Labute approximate surface area is 123 Å². The first-order valence-corrected chi connectivity index (χ1v) is 8.53. The summed E-state index contributed by atoms with van der Waals surface area (Å²) in [7, 11) is -3.57. The molecule has 102 valence electrons. The van der Waals surface area contributed by atoms with E-state index in [9.17, 15) is 12.8 Å². The van der Waals surface area contributed by atoms with E-state index in [2.05, 4.69) is 20.7 Å². The first kappa shape index (κ1) is 14.6. The van der Waals surface area contributed by atoms with E-state index < -0.39 is 10.0 Å². The van der Waals surface area contributed by atoms with Crippen LogP contribution in [0.15, 0.2) is 38.3 Å². The zero-order valence-corrected chi connectivity index (χ0v) is 13.2. The minimum absolute atomic E-state index is 0.0594. The van der Waals surface area contributed by atoms with Crippen LogP contribution in [0.25, 0.3) is 0 Å². The van der Waals surface area contributed by atoms with Crippen LogP contribution in [-0.2, 0) is 16.6 Å². The molecule has 0 unspecified atom stereocenters. The van der Waals surface area contributed by atoms with Gasteiger partial charge in [0.2, 0.25) is 0 Å². The van der Waals surface area contributed by atoms with Crippen molar-refractivity contribution >= 4 is 37.3 Å². The molecule has 0 spiro atoms. The second-order valence-corrected chi connectivity index (χ2v) is 7.70. The Morgan fingerprint density at radius 1 is 1.37 bits per heavy atom. The molecule has 0 aliphatic rings. The fourth-order valence-electron chi connectivity index (χ4n) is 1.46. The zero-order chi connectivity index (χ0) is 14.0. The molecule has 3 nitrogen and oxygen atoms in total. The fourth-order valence-corrected chi connectivity index (χ4v) is 4.86. The Kier molecular flexibility index (Phi) is 4.39. The summed E-state index contributed by atoms with van der Waals surface area (Å²) in [6.45, 7) is 1.72. The number of nitrogens with one attached hydrogen (secondary N) is 1. The number of aryl methyl sites for hydroxylation is 1. The van der Waals surface area contributed by atoms with Gasteiger partial charge in [0.05, 0.1) is 0 Å². The third-order valence-corrected chi connectivity index (χ3v) is 6.60. The third kappa shape index (κ3) is 3.42. The Balaban J connectivity index is 2.14. The number of thiophene rings is 1. The molecule has 0 amide bonds. The van der Waals surface area contributed by atoms with Crippen molar-refractivity contribution in [2.45, 2.75) is 17.7 Å². The topological polar surface area (TPSA) is 46.2 Å². The van der Waals surface area contributed by atoms with Crippen LogP contribution in [0.3, 0.4) is 0 Å². The van der Waals surface area contributed by atoms with Gasteiger partial charge in [-0.05, 0) is 51.5 Å².